The van der Waals surface area contributed by atoms with E-state index in [1.165, 1.54) is 6.26 Å². The van der Waals surface area contributed by atoms with Crippen molar-refractivity contribution in [3.8, 4) is 0 Å². The number of carboxylic acids is 1. The lowest BCUT2D eigenvalue weighted by Gasteiger charge is -2.19. The predicted molar refractivity (Wildman–Crippen MR) is 59.7 cm³/mol. The smallest absolute Gasteiger partial charge is 0.311 e. The first-order chi connectivity index (χ1) is 7.94. The number of amides is 1. The number of aryl methyl sites for hydroxylation is 1. The molecule has 0 unspecified atom stereocenters. The number of furan rings is 1. The molecule has 0 radical (unpaired) electrons. The number of likely N-dealkylation sites (tertiary alicyclic amines) is 1. The van der Waals surface area contributed by atoms with Gasteiger partial charge in [-0.05, 0) is 26.3 Å². The van der Waals surface area contributed by atoms with E-state index in [1.54, 1.807) is 24.8 Å². The maximum Gasteiger partial charge on any atom is 0.311 e. The van der Waals surface area contributed by atoms with Gasteiger partial charge in [-0.3, -0.25) is 9.59 Å². The van der Waals surface area contributed by atoms with Crippen LogP contribution in [0.5, 0.6) is 0 Å². The molecule has 1 fully saturated rings. The largest absolute Gasteiger partial charge is 0.481 e. The van der Waals surface area contributed by atoms with Gasteiger partial charge in [-0.15, -0.1) is 0 Å². The molecule has 1 amide bonds. The molecule has 1 aliphatic rings. The van der Waals surface area contributed by atoms with Gasteiger partial charge in [-0.2, -0.15) is 0 Å². The Hall–Kier alpha value is -1.78. The summed E-state index contributed by atoms with van der Waals surface area (Å²) in [6, 6.07) is 1.62. The highest BCUT2D eigenvalue weighted by atomic mass is 16.4. The minimum Gasteiger partial charge on any atom is -0.481 e. The number of carboxylic acid groups (broad SMARTS) is 1. The van der Waals surface area contributed by atoms with E-state index in [4.69, 9.17) is 9.52 Å². The summed E-state index contributed by atoms with van der Waals surface area (Å²) >= 11 is 0. The lowest BCUT2D eigenvalue weighted by Crippen LogP contribution is -2.34. The van der Waals surface area contributed by atoms with Gasteiger partial charge in [0.05, 0.1) is 17.2 Å². The molecule has 1 aromatic rings. The quantitative estimate of drug-likeness (QED) is 0.846. The summed E-state index contributed by atoms with van der Waals surface area (Å²) in [4.78, 5) is 24.8. The van der Waals surface area contributed by atoms with Crippen LogP contribution in [-0.4, -0.2) is 35.0 Å². The van der Waals surface area contributed by atoms with E-state index in [0.717, 1.165) is 0 Å². The molecule has 2 heterocycles. The van der Waals surface area contributed by atoms with Crippen LogP contribution in [0.25, 0.3) is 0 Å². The minimum atomic E-state index is -0.850. The number of nitrogens with zero attached hydrogens (tertiary/aromatic N) is 1. The molecule has 1 aromatic heterocycles. The van der Waals surface area contributed by atoms with Gasteiger partial charge in [0.15, 0.2) is 0 Å². The highest BCUT2D eigenvalue weighted by Crippen LogP contribution is 2.31. The molecule has 0 aliphatic carbocycles. The molecule has 1 aliphatic heterocycles. The fourth-order valence-electron chi connectivity index (χ4n) is 2.09. The summed E-state index contributed by atoms with van der Waals surface area (Å²) in [6.07, 6.45) is 1.96. The second kappa shape index (κ2) is 3.91. The van der Waals surface area contributed by atoms with Gasteiger partial charge in [0.1, 0.15) is 5.76 Å². The van der Waals surface area contributed by atoms with Crippen molar-refractivity contribution in [2.75, 3.05) is 13.1 Å². The summed E-state index contributed by atoms with van der Waals surface area (Å²) < 4.78 is 5.08. The zero-order chi connectivity index (χ0) is 12.6. The molecule has 5 nitrogen and oxygen atoms in total. The van der Waals surface area contributed by atoms with E-state index in [-0.39, 0.29) is 12.5 Å². The van der Waals surface area contributed by atoms with Crippen molar-refractivity contribution in [3.63, 3.8) is 0 Å². The number of hydrogen-bond donors (Lipinski definition) is 1. The Bertz CT molecular complexity index is 465. The lowest BCUT2D eigenvalue weighted by molar-refractivity contribution is -0.147. The van der Waals surface area contributed by atoms with Crippen LogP contribution >= 0.6 is 0 Å². The van der Waals surface area contributed by atoms with Crippen molar-refractivity contribution in [3.05, 3.63) is 23.7 Å². The van der Waals surface area contributed by atoms with E-state index >= 15 is 0 Å². The van der Waals surface area contributed by atoms with Crippen LogP contribution < -0.4 is 0 Å². The van der Waals surface area contributed by atoms with Crippen molar-refractivity contribution in [2.24, 2.45) is 5.41 Å². The van der Waals surface area contributed by atoms with E-state index in [9.17, 15) is 9.59 Å². The fourth-order valence-corrected chi connectivity index (χ4v) is 2.09. The normalized spacial score (nSPS) is 24.0. The van der Waals surface area contributed by atoms with Crippen LogP contribution in [0.1, 0.15) is 29.5 Å². The third-order valence-electron chi connectivity index (χ3n) is 3.37. The van der Waals surface area contributed by atoms with Crippen LogP contribution in [-0.2, 0) is 4.79 Å². The second-order valence-electron chi connectivity index (χ2n) is 4.73. The molecule has 1 atom stereocenters. The second-order valence-corrected chi connectivity index (χ2v) is 4.73. The molecule has 92 valence electrons. The summed E-state index contributed by atoms with van der Waals surface area (Å²) in [5.74, 6) is -0.433. The number of hydrogen-bond acceptors (Lipinski definition) is 3. The van der Waals surface area contributed by atoms with E-state index in [1.807, 2.05) is 0 Å². The topological polar surface area (TPSA) is 70.8 Å². The van der Waals surface area contributed by atoms with Gasteiger partial charge in [-0.1, -0.05) is 0 Å². The maximum absolute atomic E-state index is 12.1. The molecule has 2 rings (SSSR count). The lowest BCUT2D eigenvalue weighted by atomic mass is 9.90. The van der Waals surface area contributed by atoms with Gasteiger partial charge >= 0.3 is 5.97 Å². The molecule has 17 heavy (non-hydrogen) atoms. The first-order valence-corrected chi connectivity index (χ1v) is 5.51. The Morgan fingerprint density at radius 1 is 1.53 bits per heavy atom. The summed E-state index contributed by atoms with van der Waals surface area (Å²) in [5.41, 5.74) is -0.313. The molecular formula is C12H15NO4. The van der Waals surface area contributed by atoms with Gasteiger partial charge in [0.2, 0.25) is 0 Å². The average Bonchev–Trinajstić information content (AvgIpc) is 2.85. The molecule has 1 saturated heterocycles. The highest BCUT2D eigenvalue weighted by molar-refractivity contribution is 5.95. The first kappa shape index (κ1) is 11.7. The Kier molecular flexibility index (Phi) is 2.69. The zero-order valence-corrected chi connectivity index (χ0v) is 9.90. The zero-order valence-electron chi connectivity index (χ0n) is 9.90. The van der Waals surface area contributed by atoms with Crippen LogP contribution in [0.4, 0.5) is 0 Å². The SMILES string of the molecule is Cc1occc1C(=O)N1CC[C@](C)(C(=O)O)C1. The Morgan fingerprint density at radius 2 is 2.24 bits per heavy atom. The van der Waals surface area contributed by atoms with Crippen LogP contribution in [0.3, 0.4) is 0 Å². The Balaban J connectivity index is 2.15. The molecule has 5 heteroatoms. The van der Waals surface area contributed by atoms with E-state index < -0.39 is 11.4 Å². The van der Waals surface area contributed by atoms with Crippen LogP contribution in [0, 0.1) is 12.3 Å². The molecule has 0 aromatic carbocycles. The fraction of sp³-hybridized carbons (Fsp3) is 0.500. The third-order valence-corrected chi connectivity index (χ3v) is 3.37. The van der Waals surface area contributed by atoms with Gasteiger partial charge in [0, 0.05) is 13.1 Å². The van der Waals surface area contributed by atoms with Crippen molar-refractivity contribution < 1.29 is 19.1 Å². The van der Waals surface area contributed by atoms with Crippen molar-refractivity contribution in [1.82, 2.24) is 4.90 Å². The Labute approximate surface area is 99.0 Å². The maximum atomic E-state index is 12.1. The molecule has 0 spiro atoms. The summed E-state index contributed by atoms with van der Waals surface area (Å²) in [5, 5.41) is 9.10. The standard InChI is InChI=1S/C12H15NO4/c1-8-9(3-6-17-8)10(14)13-5-4-12(2,7-13)11(15)16/h3,6H,4-5,7H2,1-2H3,(H,15,16)/t12-/m0/s1. The third kappa shape index (κ3) is 1.92. The predicted octanol–water partition coefficient (Wildman–Crippen LogP) is 1.52. The number of rotatable bonds is 2. The Morgan fingerprint density at radius 3 is 2.71 bits per heavy atom. The van der Waals surface area contributed by atoms with Crippen LogP contribution in [0.2, 0.25) is 0 Å². The first-order valence-electron chi connectivity index (χ1n) is 5.51. The number of carbonyl (C=O) groups excluding carboxylic acids is 1. The minimum absolute atomic E-state index is 0.152. The molecular weight excluding hydrogens is 222 g/mol. The van der Waals surface area contributed by atoms with Crippen molar-refractivity contribution in [2.45, 2.75) is 20.3 Å². The molecule has 0 bridgehead atoms. The van der Waals surface area contributed by atoms with E-state index in [2.05, 4.69) is 0 Å². The number of carbonyl (C=O) groups is 2. The van der Waals surface area contributed by atoms with Gasteiger partial charge in [-0.25, -0.2) is 0 Å². The summed E-state index contributed by atoms with van der Waals surface area (Å²) in [7, 11) is 0. The average molecular weight is 237 g/mol. The van der Waals surface area contributed by atoms with Crippen molar-refractivity contribution in [1.29, 1.82) is 0 Å². The van der Waals surface area contributed by atoms with E-state index in [0.29, 0.717) is 24.3 Å². The van der Waals surface area contributed by atoms with Crippen molar-refractivity contribution >= 4 is 11.9 Å². The monoisotopic (exact) mass is 237 g/mol. The highest BCUT2D eigenvalue weighted by Gasteiger charge is 2.42. The van der Waals surface area contributed by atoms with Gasteiger partial charge < -0.3 is 14.4 Å². The van der Waals surface area contributed by atoms with Crippen LogP contribution in [0.15, 0.2) is 16.7 Å². The molecule has 0 saturated carbocycles. The number of aliphatic carboxylic acids is 1. The summed E-state index contributed by atoms with van der Waals surface area (Å²) in [6.45, 7) is 4.13. The molecule has 1 N–H and O–H groups in total. The van der Waals surface area contributed by atoms with Gasteiger partial charge in [0.25, 0.3) is 5.91 Å².